The zero-order chi connectivity index (χ0) is 16.4. The summed E-state index contributed by atoms with van der Waals surface area (Å²) in [5.41, 5.74) is 9.28. The molecule has 5 N–H and O–H groups in total. The van der Waals surface area contributed by atoms with Crippen molar-refractivity contribution in [2.24, 2.45) is 5.73 Å². The Bertz CT molecular complexity index is 812. The second kappa shape index (κ2) is 6.14. The molecule has 2 aromatic carbocycles. The number of carbonyl (C=O) groups is 1. The van der Waals surface area contributed by atoms with Gasteiger partial charge in [-0.3, -0.25) is 10.2 Å². The van der Waals surface area contributed by atoms with Crippen molar-refractivity contribution in [2.75, 3.05) is 5.32 Å². The van der Waals surface area contributed by atoms with Crippen LogP contribution in [-0.4, -0.2) is 11.7 Å². The first-order chi connectivity index (χ1) is 11.0. The van der Waals surface area contributed by atoms with Crippen molar-refractivity contribution < 1.29 is 4.79 Å². The summed E-state index contributed by atoms with van der Waals surface area (Å²) in [5, 5.41) is 13.9. The van der Waals surface area contributed by atoms with Crippen LogP contribution in [0.1, 0.15) is 16.7 Å². The number of fused-ring (bicyclic) bond motifs is 1. The number of halogens is 1. The summed E-state index contributed by atoms with van der Waals surface area (Å²) in [6.45, 7) is 0.472. The van der Waals surface area contributed by atoms with Gasteiger partial charge in [0.1, 0.15) is 5.84 Å². The fourth-order valence-corrected chi connectivity index (χ4v) is 2.60. The quantitative estimate of drug-likeness (QED) is 0.397. The maximum Gasteiger partial charge on any atom is 0.253 e. The van der Waals surface area contributed by atoms with Crippen LogP contribution in [-0.2, 0) is 11.3 Å². The Hall–Kier alpha value is -2.79. The minimum absolute atomic E-state index is 0.0207. The summed E-state index contributed by atoms with van der Waals surface area (Å²) in [5.74, 6) is -0.111. The summed E-state index contributed by atoms with van der Waals surface area (Å²) in [6.07, 6.45) is 1.67. The van der Waals surface area contributed by atoms with E-state index < -0.39 is 0 Å². The van der Waals surface area contributed by atoms with E-state index in [1.807, 2.05) is 12.1 Å². The molecule has 1 aliphatic heterocycles. The molecule has 0 unspecified atom stereocenters. The third-order valence-corrected chi connectivity index (χ3v) is 3.86. The van der Waals surface area contributed by atoms with Crippen molar-refractivity contribution in [1.29, 1.82) is 5.41 Å². The Balaban J connectivity index is 1.87. The van der Waals surface area contributed by atoms with Crippen LogP contribution in [0, 0.1) is 5.41 Å². The van der Waals surface area contributed by atoms with Gasteiger partial charge in [0.15, 0.2) is 0 Å². The van der Waals surface area contributed by atoms with Gasteiger partial charge in [0.05, 0.1) is 5.57 Å². The monoisotopic (exact) mass is 326 g/mol. The van der Waals surface area contributed by atoms with Gasteiger partial charge < -0.3 is 16.4 Å². The van der Waals surface area contributed by atoms with Crippen LogP contribution in [0.25, 0.3) is 5.57 Å². The van der Waals surface area contributed by atoms with Crippen molar-refractivity contribution in [3.63, 3.8) is 0 Å². The molecule has 23 heavy (non-hydrogen) atoms. The highest BCUT2D eigenvalue weighted by molar-refractivity contribution is 6.31. The van der Waals surface area contributed by atoms with E-state index in [0.29, 0.717) is 22.7 Å². The number of carbonyl (C=O) groups excluding carboxylic acids is 1. The summed E-state index contributed by atoms with van der Waals surface area (Å²) in [4.78, 5) is 12.1. The minimum atomic E-state index is -0.132. The van der Waals surface area contributed by atoms with E-state index in [4.69, 9.17) is 22.7 Å². The fourth-order valence-electron chi connectivity index (χ4n) is 2.41. The Labute approximate surface area is 138 Å². The number of benzene rings is 2. The van der Waals surface area contributed by atoms with Crippen molar-refractivity contribution >= 4 is 34.6 Å². The largest absolute Gasteiger partial charge is 0.384 e. The first kappa shape index (κ1) is 15.1. The Morgan fingerprint density at radius 2 is 2.00 bits per heavy atom. The average Bonchev–Trinajstić information content (AvgIpc) is 2.54. The summed E-state index contributed by atoms with van der Waals surface area (Å²) >= 11 is 6.00. The van der Waals surface area contributed by atoms with Crippen LogP contribution < -0.4 is 16.4 Å². The molecule has 6 heteroatoms. The van der Waals surface area contributed by atoms with E-state index in [2.05, 4.69) is 10.6 Å². The molecule has 0 aromatic heterocycles. The fraction of sp³-hybridized carbons (Fsp3) is 0.0588. The second-order valence-electron chi connectivity index (χ2n) is 5.18. The first-order valence-corrected chi connectivity index (χ1v) is 7.40. The molecule has 5 nitrogen and oxygen atoms in total. The molecule has 0 radical (unpaired) electrons. The second-order valence-corrected chi connectivity index (χ2v) is 5.61. The highest BCUT2D eigenvalue weighted by atomic mass is 35.5. The normalized spacial score (nSPS) is 15.0. The van der Waals surface area contributed by atoms with E-state index >= 15 is 0 Å². The average molecular weight is 327 g/mol. The minimum Gasteiger partial charge on any atom is -0.384 e. The maximum atomic E-state index is 12.1. The lowest BCUT2D eigenvalue weighted by atomic mass is 9.96. The van der Waals surface area contributed by atoms with Gasteiger partial charge in [0, 0.05) is 29.0 Å². The van der Waals surface area contributed by atoms with E-state index in [1.165, 1.54) is 0 Å². The SMILES string of the molecule is N=C(N)c1ccc(N/C=C2/C(=O)NCc3cc(Cl)ccc32)cc1. The van der Waals surface area contributed by atoms with Gasteiger partial charge >= 0.3 is 0 Å². The van der Waals surface area contributed by atoms with E-state index in [0.717, 1.165) is 16.8 Å². The van der Waals surface area contributed by atoms with Gasteiger partial charge in [-0.15, -0.1) is 0 Å². The number of rotatable bonds is 3. The molecule has 2 aromatic rings. The Kier molecular flexibility index (Phi) is 4.04. The van der Waals surface area contributed by atoms with E-state index in [-0.39, 0.29) is 11.7 Å². The molecule has 0 bridgehead atoms. The number of nitrogen functional groups attached to an aromatic ring is 1. The zero-order valence-electron chi connectivity index (χ0n) is 12.2. The van der Waals surface area contributed by atoms with Crippen LogP contribution >= 0.6 is 11.6 Å². The molecule has 3 rings (SSSR count). The van der Waals surface area contributed by atoms with Crippen LogP contribution in [0.5, 0.6) is 0 Å². The summed E-state index contributed by atoms with van der Waals surface area (Å²) in [6, 6.07) is 12.6. The molecule has 0 saturated carbocycles. The zero-order valence-corrected chi connectivity index (χ0v) is 12.9. The molecule has 0 aliphatic carbocycles. The molecule has 0 atom stereocenters. The number of anilines is 1. The number of amides is 1. The smallest absolute Gasteiger partial charge is 0.253 e. The number of amidine groups is 1. The Morgan fingerprint density at radius 1 is 1.26 bits per heavy atom. The van der Waals surface area contributed by atoms with Crippen molar-refractivity contribution in [2.45, 2.75) is 6.54 Å². The topological polar surface area (TPSA) is 91.0 Å². The highest BCUT2D eigenvalue weighted by Gasteiger charge is 2.20. The highest BCUT2D eigenvalue weighted by Crippen LogP contribution is 2.26. The predicted octanol–water partition coefficient (Wildman–Crippen LogP) is 2.71. The van der Waals surface area contributed by atoms with Crippen LogP contribution in [0.4, 0.5) is 5.69 Å². The maximum absolute atomic E-state index is 12.1. The lowest BCUT2D eigenvalue weighted by molar-refractivity contribution is -0.116. The molecule has 0 fully saturated rings. The Morgan fingerprint density at radius 3 is 2.70 bits per heavy atom. The van der Waals surface area contributed by atoms with Gasteiger partial charge in [-0.1, -0.05) is 17.7 Å². The molecular formula is C17H15ClN4O. The number of hydrogen-bond acceptors (Lipinski definition) is 3. The van der Waals surface area contributed by atoms with Gasteiger partial charge in [-0.25, -0.2) is 0 Å². The van der Waals surface area contributed by atoms with Gasteiger partial charge in [0.2, 0.25) is 0 Å². The van der Waals surface area contributed by atoms with Crippen molar-refractivity contribution in [3.05, 3.63) is 70.4 Å². The van der Waals surface area contributed by atoms with Gasteiger partial charge in [-0.05, 0) is 47.5 Å². The molecule has 1 aliphatic rings. The summed E-state index contributed by atoms with van der Waals surface area (Å²) < 4.78 is 0. The standard InChI is InChI=1S/C17H15ClN4O/c18-12-3-6-14-11(7-12)8-22-17(23)15(14)9-21-13-4-1-10(2-5-13)16(19)20/h1-7,9,21H,8H2,(H3,19,20)(H,22,23)/b15-9+. The van der Waals surface area contributed by atoms with Crippen LogP contribution in [0.15, 0.2) is 48.7 Å². The number of nitrogens with two attached hydrogens (primary N) is 1. The lowest BCUT2D eigenvalue weighted by Gasteiger charge is -2.20. The molecular weight excluding hydrogens is 312 g/mol. The molecule has 0 saturated heterocycles. The number of nitrogens with one attached hydrogen (secondary N) is 3. The molecule has 116 valence electrons. The predicted molar refractivity (Wildman–Crippen MR) is 92.4 cm³/mol. The van der Waals surface area contributed by atoms with Gasteiger partial charge in [0.25, 0.3) is 5.91 Å². The van der Waals surface area contributed by atoms with E-state index in [9.17, 15) is 4.79 Å². The summed E-state index contributed by atoms with van der Waals surface area (Å²) in [7, 11) is 0. The van der Waals surface area contributed by atoms with E-state index in [1.54, 1.807) is 36.5 Å². The molecule has 0 spiro atoms. The third kappa shape index (κ3) is 3.19. The third-order valence-electron chi connectivity index (χ3n) is 3.62. The van der Waals surface area contributed by atoms with Crippen molar-refractivity contribution in [3.8, 4) is 0 Å². The number of hydrogen-bond donors (Lipinski definition) is 4. The van der Waals surface area contributed by atoms with Crippen LogP contribution in [0.2, 0.25) is 5.02 Å². The first-order valence-electron chi connectivity index (χ1n) is 7.03. The van der Waals surface area contributed by atoms with Crippen LogP contribution in [0.3, 0.4) is 0 Å². The molecule has 1 heterocycles. The lowest BCUT2D eigenvalue weighted by Crippen LogP contribution is -2.29. The van der Waals surface area contributed by atoms with Gasteiger partial charge in [-0.2, -0.15) is 0 Å². The molecule has 1 amide bonds. The van der Waals surface area contributed by atoms with Crippen molar-refractivity contribution in [1.82, 2.24) is 5.32 Å².